The Hall–Kier alpha value is -3.53. The molecule has 41 heavy (non-hydrogen) atoms. The first-order valence-corrected chi connectivity index (χ1v) is 14.7. The molecule has 0 saturated carbocycles. The zero-order valence-corrected chi connectivity index (χ0v) is 25.7. The molecular weight excluding hydrogens is 630 g/mol. The zero-order valence-electron chi connectivity index (χ0n) is 22.6. The van der Waals surface area contributed by atoms with Crippen LogP contribution in [0.2, 0.25) is 5.02 Å². The summed E-state index contributed by atoms with van der Waals surface area (Å²) in [5.74, 6) is -0.741. The average molecular weight is 657 g/mol. The Morgan fingerprint density at radius 3 is 2.46 bits per heavy atom. The molecule has 1 N–H and O–H groups in total. The van der Waals surface area contributed by atoms with Gasteiger partial charge in [-0.3, -0.25) is 4.79 Å². The third-order valence-electron chi connectivity index (χ3n) is 5.81. The van der Waals surface area contributed by atoms with Crippen LogP contribution in [0, 0.1) is 6.92 Å². The van der Waals surface area contributed by atoms with Gasteiger partial charge in [0.05, 0.1) is 33.2 Å². The highest BCUT2D eigenvalue weighted by molar-refractivity contribution is 9.10. The maximum atomic E-state index is 12.9. The van der Waals surface area contributed by atoms with Gasteiger partial charge in [0.2, 0.25) is 0 Å². The Balaban J connectivity index is 1.68. The second kappa shape index (κ2) is 13.9. The number of hydrogen-bond acceptors (Lipinski definition) is 7. The Labute approximate surface area is 256 Å². The highest BCUT2D eigenvalue weighted by Crippen LogP contribution is 2.42. The Morgan fingerprint density at radius 2 is 1.78 bits per heavy atom. The summed E-state index contributed by atoms with van der Waals surface area (Å²) in [6, 6.07) is 18.1. The molecule has 0 unspecified atom stereocenters. The molecule has 10 heteroatoms. The minimum Gasteiger partial charge on any atom is -0.506 e. The van der Waals surface area contributed by atoms with E-state index in [0.717, 1.165) is 22.9 Å². The van der Waals surface area contributed by atoms with E-state index in [0.29, 0.717) is 39.7 Å². The van der Waals surface area contributed by atoms with E-state index in [1.807, 2.05) is 44.2 Å². The van der Waals surface area contributed by atoms with Gasteiger partial charge in [0.15, 0.2) is 11.5 Å². The molecule has 1 aliphatic rings. The summed E-state index contributed by atoms with van der Waals surface area (Å²) < 4.78 is 17.7. The molecule has 0 aromatic heterocycles. The minimum atomic E-state index is -0.789. The van der Waals surface area contributed by atoms with Crippen molar-refractivity contribution < 1.29 is 28.9 Å². The quantitative estimate of drug-likeness (QED) is 0.233. The van der Waals surface area contributed by atoms with Crippen LogP contribution in [0.1, 0.15) is 40.9 Å². The largest absolute Gasteiger partial charge is 0.506 e. The van der Waals surface area contributed by atoms with Crippen molar-refractivity contribution in [1.29, 1.82) is 0 Å². The Kier molecular flexibility index (Phi) is 10.3. The van der Waals surface area contributed by atoms with E-state index in [-0.39, 0.29) is 33.6 Å². The zero-order chi connectivity index (χ0) is 29.5. The maximum absolute atomic E-state index is 12.9. The second-order valence-corrected chi connectivity index (χ2v) is 11.1. The molecule has 0 saturated heterocycles. The van der Waals surface area contributed by atoms with Gasteiger partial charge in [-0.1, -0.05) is 65.3 Å². The number of rotatable bonds is 9. The molecule has 3 aromatic carbocycles. The number of aliphatic hydroxyl groups excluding tert-OH is 1. The standard InChI is InChI=1S/C31H27BrClNO6S/c1-4-38-24-15-20(14-22(32)28(24)40-17-19-12-10-18(3)11-13-19)16-25-27(35)26(31(37)39-5-2)30(41-25)34-29(36)21-8-6-7-9-23(21)33/h6-16,35H,4-5,17H2,1-3H3/b25-16-,34-30?. The number of benzene rings is 3. The number of nitrogens with zero attached hydrogens (tertiary/aromatic N) is 1. The van der Waals surface area contributed by atoms with Gasteiger partial charge in [0, 0.05) is 0 Å². The van der Waals surface area contributed by atoms with Crippen molar-refractivity contribution >= 4 is 62.3 Å². The van der Waals surface area contributed by atoms with Gasteiger partial charge in [0.1, 0.15) is 23.0 Å². The summed E-state index contributed by atoms with van der Waals surface area (Å²) in [7, 11) is 0. The number of amides is 1. The summed E-state index contributed by atoms with van der Waals surface area (Å²) in [4.78, 5) is 30.1. The van der Waals surface area contributed by atoms with Crippen LogP contribution in [0.25, 0.3) is 6.08 Å². The topological polar surface area (TPSA) is 94.4 Å². The fourth-order valence-electron chi connectivity index (χ4n) is 3.84. The van der Waals surface area contributed by atoms with Crippen LogP contribution < -0.4 is 9.47 Å². The lowest BCUT2D eigenvalue weighted by Crippen LogP contribution is -2.14. The lowest BCUT2D eigenvalue weighted by Gasteiger charge is -2.15. The van der Waals surface area contributed by atoms with E-state index < -0.39 is 11.9 Å². The third kappa shape index (κ3) is 7.41. The van der Waals surface area contributed by atoms with Gasteiger partial charge < -0.3 is 19.3 Å². The molecule has 0 bridgehead atoms. The number of halogens is 2. The monoisotopic (exact) mass is 655 g/mol. The van der Waals surface area contributed by atoms with Crippen molar-refractivity contribution in [2.24, 2.45) is 4.99 Å². The van der Waals surface area contributed by atoms with E-state index in [2.05, 4.69) is 20.9 Å². The molecule has 212 valence electrons. The van der Waals surface area contributed by atoms with Gasteiger partial charge in [-0.2, -0.15) is 0 Å². The lowest BCUT2D eigenvalue weighted by atomic mass is 10.1. The molecule has 1 aliphatic heterocycles. The van der Waals surface area contributed by atoms with Crippen LogP contribution >= 0.6 is 39.3 Å². The fourth-order valence-corrected chi connectivity index (χ4v) is 5.65. The van der Waals surface area contributed by atoms with Crippen LogP contribution in [-0.4, -0.2) is 35.2 Å². The van der Waals surface area contributed by atoms with Crippen molar-refractivity contribution in [2.45, 2.75) is 27.4 Å². The van der Waals surface area contributed by atoms with Crippen LogP contribution in [0.5, 0.6) is 11.5 Å². The third-order valence-corrected chi connectivity index (χ3v) is 7.75. The number of esters is 1. The highest BCUT2D eigenvalue weighted by atomic mass is 79.9. The molecule has 0 aliphatic carbocycles. The highest BCUT2D eigenvalue weighted by Gasteiger charge is 2.34. The van der Waals surface area contributed by atoms with Crippen molar-refractivity contribution in [3.8, 4) is 11.5 Å². The van der Waals surface area contributed by atoms with Crippen LogP contribution in [0.15, 0.2) is 86.4 Å². The second-order valence-electron chi connectivity index (χ2n) is 8.79. The van der Waals surface area contributed by atoms with Gasteiger partial charge >= 0.3 is 5.97 Å². The summed E-state index contributed by atoms with van der Waals surface area (Å²) in [5, 5.41) is 11.3. The van der Waals surface area contributed by atoms with E-state index >= 15 is 0 Å². The summed E-state index contributed by atoms with van der Waals surface area (Å²) >= 11 is 10.7. The van der Waals surface area contributed by atoms with E-state index in [1.54, 1.807) is 37.3 Å². The smallest absolute Gasteiger partial charge is 0.344 e. The van der Waals surface area contributed by atoms with Crippen molar-refractivity contribution in [1.82, 2.24) is 0 Å². The molecule has 0 atom stereocenters. The first-order chi connectivity index (χ1) is 19.7. The molecule has 4 rings (SSSR count). The number of aryl methyl sites for hydroxylation is 1. The lowest BCUT2D eigenvalue weighted by molar-refractivity contribution is -0.138. The molecule has 1 heterocycles. The minimum absolute atomic E-state index is 0.0132. The fraction of sp³-hybridized carbons (Fsp3) is 0.194. The van der Waals surface area contributed by atoms with Gasteiger partial charge in [-0.05, 0) is 78.2 Å². The number of carbonyl (C=O) groups is 2. The predicted molar refractivity (Wildman–Crippen MR) is 166 cm³/mol. The molecule has 0 spiro atoms. The number of hydrogen-bond donors (Lipinski definition) is 1. The molecule has 0 radical (unpaired) electrons. The summed E-state index contributed by atoms with van der Waals surface area (Å²) in [6.07, 6.45) is 1.67. The van der Waals surface area contributed by atoms with E-state index in [9.17, 15) is 14.7 Å². The number of aliphatic hydroxyl groups is 1. The van der Waals surface area contributed by atoms with Crippen molar-refractivity contribution in [3.05, 3.63) is 109 Å². The number of aliphatic imine (C=N–C) groups is 1. The number of carbonyl (C=O) groups excluding carboxylic acids is 2. The molecule has 1 amide bonds. The normalized spacial score (nSPS) is 15.0. The molecule has 0 fully saturated rings. The summed E-state index contributed by atoms with van der Waals surface area (Å²) in [6.45, 7) is 6.38. The van der Waals surface area contributed by atoms with Crippen LogP contribution in [0.3, 0.4) is 0 Å². The average Bonchev–Trinajstić information content (AvgIpc) is 3.23. The van der Waals surface area contributed by atoms with Gasteiger partial charge in [-0.15, -0.1) is 0 Å². The molecule has 3 aromatic rings. The predicted octanol–water partition coefficient (Wildman–Crippen LogP) is 8.09. The maximum Gasteiger partial charge on any atom is 0.344 e. The first-order valence-electron chi connectivity index (χ1n) is 12.7. The van der Waals surface area contributed by atoms with Gasteiger partial charge in [-0.25, -0.2) is 9.79 Å². The van der Waals surface area contributed by atoms with E-state index in [4.69, 9.17) is 25.8 Å². The van der Waals surface area contributed by atoms with E-state index in [1.165, 1.54) is 6.07 Å². The first kappa shape index (κ1) is 30.4. The SMILES string of the molecule is CCOC(=O)C1=C(O)/C(=C/c2cc(Br)c(OCc3ccc(C)cc3)c(OCC)c2)SC1=NC(=O)c1ccccc1Cl. The Morgan fingerprint density at radius 1 is 1.05 bits per heavy atom. The molecular formula is C31H27BrClNO6S. The van der Waals surface area contributed by atoms with Crippen LogP contribution in [-0.2, 0) is 16.1 Å². The number of ether oxygens (including phenoxy) is 3. The number of thioether (sulfide) groups is 1. The van der Waals surface area contributed by atoms with Crippen molar-refractivity contribution in [3.63, 3.8) is 0 Å². The summed E-state index contributed by atoms with van der Waals surface area (Å²) in [5.41, 5.74) is 2.81. The van der Waals surface area contributed by atoms with Crippen LogP contribution in [0.4, 0.5) is 0 Å². The van der Waals surface area contributed by atoms with Gasteiger partial charge in [0.25, 0.3) is 5.91 Å². The molecule has 7 nitrogen and oxygen atoms in total. The van der Waals surface area contributed by atoms with Crippen molar-refractivity contribution in [2.75, 3.05) is 13.2 Å². The Bertz CT molecular complexity index is 1570.